The van der Waals surface area contributed by atoms with Crippen LogP contribution in [-0.4, -0.2) is 21.1 Å². The molecule has 0 aliphatic carbocycles. The summed E-state index contributed by atoms with van der Waals surface area (Å²) in [6.07, 6.45) is 6.07. The molecule has 1 N–H and O–H groups in total. The van der Waals surface area contributed by atoms with Gasteiger partial charge in [0.1, 0.15) is 11.3 Å². The first-order valence-corrected chi connectivity index (χ1v) is 6.69. The van der Waals surface area contributed by atoms with Gasteiger partial charge in [0.25, 0.3) is 0 Å². The molecule has 0 aromatic carbocycles. The fourth-order valence-electron chi connectivity index (χ4n) is 2.95. The highest BCUT2D eigenvalue weighted by atomic mass is 15.2. The summed E-state index contributed by atoms with van der Waals surface area (Å²) in [6.45, 7) is 7.76. The number of nitrogens with one attached hydrogen (secondary N) is 1. The second kappa shape index (κ2) is 4.05. The fourth-order valence-corrected chi connectivity index (χ4v) is 2.95. The zero-order valence-electron chi connectivity index (χ0n) is 11.3. The van der Waals surface area contributed by atoms with Gasteiger partial charge < -0.3 is 9.88 Å². The van der Waals surface area contributed by atoms with Crippen molar-refractivity contribution in [1.82, 2.24) is 19.9 Å². The first-order valence-electron chi connectivity index (χ1n) is 6.69. The average Bonchev–Trinajstić information content (AvgIpc) is 2.93. The number of hydrogen-bond donors (Lipinski definition) is 1. The van der Waals surface area contributed by atoms with Crippen LogP contribution in [0.25, 0.3) is 11.0 Å². The van der Waals surface area contributed by atoms with E-state index >= 15 is 0 Å². The maximum absolute atomic E-state index is 4.83. The second-order valence-electron chi connectivity index (χ2n) is 5.63. The van der Waals surface area contributed by atoms with Gasteiger partial charge in [0, 0.05) is 12.2 Å². The maximum atomic E-state index is 4.83. The summed E-state index contributed by atoms with van der Waals surface area (Å²) in [5.74, 6) is 1.15. The molecule has 0 radical (unpaired) electrons. The third-order valence-electron chi connectivity index (χ3n) is 3.87. The highest BCUT2D eigenvalue weighted by Crippen LogP contribution is 2.33. The minimum atomic E-state index is 0.00326. The molecule has 1 saturated heterocycles. The van der Waals surface area contributed by atoms with Crippen molar-refractivity contribution in [3.8, 4) is 0 Å². The van der Waals surface area contributed by atoms with E-state index < -0.39 is 0 Å². The molecule has 2 aromatic heterocycles. The first-order chi connectivity index (χ1) is 8.62. The molecule has 4 nitrogen and oxygen atoms in total. The molecule has 2 aromatic rings. The van der Waals surface area contributed by atoms with Gasteiger partial charge in [0.2, 0.25) is 0 Å². The fraction of sp³-hybridized carbons (Fsp3) is 0.571. The van der Waals surface area contributed by atoms with E-state index in [1.807, 2.05) is 12.4 Å². The smallest absolute Gasteiger partial charge is 0.130 e. The zero-order chi connectivity index (χ0) is 12.8. The van der Waals surface area contributed by atoms with Gasteiger partial charge in [-0.2, -0.15) is 0 Å². The molecule has 1 unspecified atom stereocenters. The van der Waals surface area contributed by atoms with Crippen LogP contribution in [0, 0.1) is 0 Å². The molecule has 18 heavy (non-hydrogen) atoms. The van der Waals surface area contributed by atoms with Gasteiger partial charge in [-0.25, -0.2) is 4.98 Å². The summed E-state index contributed by atoms with van der Waals surface area (Å²) in [4.78, 5) is 9.01. The quantitative estimate of drug-likeness (QED) is 0.883. The standard InChI is InChI=1S/C14H20N4/c1-10(2)18-12-5-8-15-9-11(12)17-13(18)14(3)6-4-7-16-14/h5,8-10,16H,4,6-7H2,1-3H3. The molecular formula is C14H20N4. The van der Waals surface area contributed by atoms with Gasteiger partial charge in [0.15, 0.2) is 0 Å². The van der Waals surface area contributed by atoms with E-state index in [4.69, 9.17) is 4.98 Å². The summed E-state index contributed by atoms with van der Waals surface area (Å²) >= 11 is 0. The van der Waals surface area contributed by atoms with Crippen molar-refractivity contribution in [2.45, 2.75) is 45.2 Å². The molecule has 3 rings (SSSR count). The van der Waals surface area contributed by atoms with Crippen LogP contribution in [0.4, 0.5) is 0 Å². The van der Waals surface area contributed by atoms with Crippen LogP contribution in [0.1, 0.15) is 45.5 Å². The summed E-state index contributed by atoms with van der Waals surface area (Å²) in [5, 5.41) is 3.60. The van der Waals surface area contributed by atoms with E-state index in [1.54, 1.807) is 0 Å². The van der Waals surface area contributed by atoms with Gasteiger partial charge in [-0.3, -0.25) is 4.98 Å². The molecule has 1 aliphatic rings. The van der Waals surface area contributed by atoms with Crippen LogP contribution in [0.5, 0.6) is 0 Å². The van der Waals surface area contributed by atoms with Crippen LogP contribution in [0.2, 0.25) is 0 Å². The molecule has 3 heterocycles. The molecule has 0 bridgehead atoms. The minimum absolute atomic E-state index is 0.00326. The van der Waals surface area contributed by atoms with Gasteiger partial charge >= 0.3 is 0 Å². The Morgan fingerprint density at radius 1 is 1.44 bits per heavy atom. The topological polar surface area (TPSA) is 42.7 Å². The van der Waals surface area contributed by atoms with E-state index in [0.717, 1.165) is 24.3 Å². The number of fused-ring (bicyclic) bond motifs is 1. The second-order valence-corrected chi connectivity index (χ2v) is 5.63. The molecule has 4 heteroatoms. The van der Waals surface area contributed by atoms with Gasteiger partial charge in [0.05, 0.1) is 17.3 Å². The van der Waals surface area contributed by atoms with E-state index in [9.17, 15) is 0 Å². The van der Waals surface area contributed by atoms with Crippen molar-refractivity contribution >= 4 is 11.0 Å². The van der Waals surface area contributed by atoms with Gasteiger partial charge in [-0.15, -0.1) is 0 Å². The highest BCUT2D eigenvalue weighted by molar-refractivity contribution is 5.75. The number of pyridine rings is 1. The molecular weight excluding hydrogens is 224 g/mol. The highest BCUT2D eigenvalue weighted by Gasteiger charge is 2.35. The normalized spacial score (nSPS) is 24.2. The number of rotatable bonds is 2. The van der Waals surface area contributed by atoms with Crippen molar-refractivity contribution in [3.63, 3.8) is 0 Å². The Kier molecular flexibility index (Phi) is 2.63. The molecule has 1 aliphatic heterocycles. The molecule has 1 fully saturated rings. The minimum Gasteiger partial charge on any atom is -0.324 e. The van der Waals surface area contributed by atoms with Crippen LogP contribution in [0.15, 0.2) is 18.5 Å². The lowest BCUT2D eigenvalue weighted by atomic mass is 9.99. The lowest BCUT2D eigenvalue weighted by Crippen LogP contribution is -2.36. The van der Waals surface area contributed by atoms with Crippen molar-refractivity contribution in [2.24, 2.45) is 0 Å². The van der Waals surface area contributed by atoms with Crippen LogP contribution in [-0.2, 0) is 5.54 Å². The zero-order valence-corrected chi connectivity index (χ0v) is 11.3. The van der Waals surface area contributed by atoms with Gasteiger partial charge in [-0.1, -0.05) is 0 Å². The Labute approximate surface area is 107 Å². The predicted octanol–water partition coefficient (Wildman–Crippen LogP) is 2.61. The predicted molar refractivity (Wildman–Crippen MR) is 72.5 cm³/mol. The number of hydrogen-bond acceptors (Lipinski definition) is 3. The van der Waals surface area contributed by atoms with Crippen LogP contribution >= 0.6 is 0 Å². The van der Waals surface area contributed by atoms with E-state index in [1.165, 1.54) is 11.9 Å². The number of aromatic nitrogens is 3. The van der Waals surface area contributed by atoms with Crippen LogP contribution < -0.4 is 5.32 Å². The van der Waals surface area contributed by atoms with E-state index in [0.29, 0.717) is 6.04 Å². The summed E-state index contributed by atoms with van der Waals surface area (Å²) in [6, 6.07) is 2.47. The number of imidazole rings is 1. The van der Waals surface area contributed by atoms with Gasteiger partial charge in [-0.05, 0) is 46.2 Å². The third kappa shape index (κ3) is 1.63. The lowest BCUT2D eigenvalue weighted by molar-refractivity contribution is 0.378. The Hall–Kier alpha value is -1.42. The molecule has 96 valence electrons. The molecule has 0 saturated carbocycles. The Morgan fingerprint density at radius 2 is 2.28 bits per heavy atom. The SMILES string of the molecule is CC(C)n1c(C2(C)CCCN2)nc2cnccc21. The summed E-state index contributed by atoms with van der Waals surface area (Å²) in [7, 11) is 0. The Bertz CT molecular complexity index is 564. The average molecular weight is 244 g/mol. The van der Waals surface area contributed by atoms with Crippen molar-refractivity contribution in [3.05, 3.63) is 24.3 Å². The Balaban J connectivity index is 2.24. The summed E-state index contributed by atoms with van der Waals surface area (Å²) in [5.41, 5.74) is 2.18. The molecule has 0 amide bonds. The van der Waals surface area contributed by atoms with Crippen molar-refractivity contribution in [1.29, 1.82) is 0 Å². The third-order valence-corrected chi connectivity index (χ3v) is 3.87. The van der Waals surface area contributed by atoms with Crippen molar-refractivity contribution < 1.29 is 0 Å². The summed E-state index contributed by atoms with van der Waals surface area (Å²) < 4.78 is 2.34. The lowest BCUT2D eigenvalue weighted by Gasteiger charge is -2.26. The largest absolute Gasteiger partial charge is 0.324 e. The number of nitrogens with zero attached hydrogens (tertiary/aromatic N) is 3. The molecule has 1 atom stereocenters. The maximum Gasteiger partial charge on any atom is 0.130 e. The van der Waals surface area contributed by atoms with E-state index in [-0.39, 0.29) is 5.54 Å². The van der Waals surface area contributed by atoms with Crippen molar-refractivity contribution in [2.75, 3.05) is 6.54 Å². The first kappa shape index (κ1) is 11.7. The Morgan fingerprint density at radius 3 is 2.94 bits per heavy atom. The monoisotopic (exact) mass is 244 g/mol. The van der Waals surface area contributed by atoms with Crippen LogP contribution in [0.3, 0.4) is 0 Å². The molecule has 0 spiro atoms. The van der Waals surface area contributed by atoms with E-state index in [2.05, 4.69) is 41.7 Å².